The highest BCUT2D eigenvalue weighted by atomic mass is 16.5. The van der Waals surface area contributed by atoms with Gasteiger partial charge in [0.25, 0.3) is 0 Å². The molecule has 0 aliphatic heterocycles. The van der Waals surface area contributed by atoms with Gasteiger partial charge in [-0.25, -0.2) is 0 Å². The minimum absolute atomic E-state index is 0.0184. The van der Waals surface area contributed by atoms with Gasteiger partial charge in [0.1, 0.15) is 5.75 Å². The Morgan fingerprint density at radius 1 is 1.54 bits per heavy atom. The quantitative estimate of drug-likeness (QED) is 0.726. The first-order valence-corrected chi connectivity index (χ1v) is 4.24. The molecule has 1 aromatic rings. The summed E-state index contributed by atoms with van der Waals surface area (Å²) in [4.78, 5) is 0. The number of benzene rings is 1. The van der Waals surface area contributed by atoms with Crippen molar-refractivity contribution in [1.29, 1.82) is 0 Å². The molecule has 0 unspecified atom stereocenters. The molecule has 0 aliphatic rings. The summed E-state index contributed by atoms with van der Waals surface area (Å²) in [5.74, 6) is 0.811. The Kier molecular flexibility index (Phi) is 3.73. The minimum Gasteiger partial charge on any atom is -0.497 e. The van der Waals surface area contributed by atoms with Gasteiger partial charge in [0, 0.05) is 0 Å². The van der Waals surface area contributed by atoms with E-state index in [4.69, 9.17) is 9.84 Å². The molecule has 3 nitrogen and oxygen atoms in total. The molecule has 1 atom stereocenters. The third-order valence-corrected chi connectivity index (χ3v) is 2.03. The number of ether oxygens (including phenoxy) is 1. The van der Waals surface area contributed by atoms with Crippen molar-refractivity contribution < 1.29 is 9.84 Å². The molecule has 72 valence electrons. The van der Waals surface area contributed by atoms with E-state index in [9.17, 15) is 0 Å². The Balaban J connectivity index is 2.86. The van der Waals surface area contributed by atoms with Gasteiger partial charge in [-0.15, -0.1) is 0 Å². The zero-order valence-corrected chi connectivity index (χ0v) is 7.95. The molecule has 2 N–H and O–H groups in total. The number of aliphatic hydroxyl groups is 1. The van der Waals surface area contributed by atoms with Crippen molar-refractivity contribution >= 4 is 0 Å². The van der Waals surface area contributed by atoms with E-state index in [0.717, 1.165) is 11.3 Å². The monoisotopic (exact) mass is 181 g/mol. The van der Waals surface area contributed by atoms with Crippen LogP contribution in [0.2, 0.25) is 0 Å². The maximum Gasteiger partial charge on any atom is 0.119 e. The molecule has 1 aromatic carbocycles. The second-order valence-corrected chi connectivity index (χ2v) is 2.80. The molecule has 0 bridgehead atoms. The Labute approximate surface area is 78.3 Å². The lowest BCUT2D eigenvalue weighted by Gasteiger charge is -2.13. The molecule has 0 amide bonds. The Morgan fingerprint density at radius 2 is 2.31 bits per heavy atom. The van der Waals surface area contributed by atoms with E-state index in [1.165, 1.54) is 0 Å². The number of aliphatic hydroxyl groups excluding tert-OH is 1. The Bertz CT molecular complexity index is 259. The summed E-state index contributed by atoms with van der Waals surface area (Å²) >= 11 is 0. The third-order valence-electron chi connectivity index (χ3n) is 2.03. The standard InChI is InChI=1S/C10H15NO2/c1-11-10(7-12)8-4-3-5-9(6-8)13-2/h3-6,10-12H,7H2,1-2H3/t10-/m0/s1. The molecule has 0 saturated carbocycles. The van der Waals surface area contributed by atoms with Crippen LogP contribution in [0, 0.1) is 0 Å². The maximum absolute atomic E-state index is 9.04. The second kappa shape index (κ2) is 4.84. The van der Waals surface area contributed by atoms with Crippen LogP contribution in [0.1, 0.15) is 11.6 Å². The first-order chi connectivity index (χ1) is 6.31. The molecule has 1 rings (SSSR count). The number of hydrogen-bond acceptors (Lipinski definition) is 3. The van der Waals surface area contributed by atoms with Crippen LogP contribution in [0.15, 0.2) is 24.3 Å². The number of hydrogen-bond donors (Lipinski definition) is 2. The molecule has 13 heavy (non-hydrogen) atoms. The zero-order valence-electron chi connectivity index (χ0n) is 7.95. The van der Waals surface area contributed by atoms with E-state index in [0.29, 0.717) is 0 Å². The van der Waals surface area contributed by atoms with Crippen LogP contribution in [0.4, 0.5) is 0 Å². The van der Waals surface area contributed by atoms with Gasteiger partial charge in [0.15, 0.2) is 0 Å². The predicted molar refractivity (Wildman–Crippen MR) is 51.9 cm³/mol. The van der Waals surface area contributed by atoms with Gasteiger partial charge in [-0.2, -0.15) is 0 Å². The lowest BCUT2D eigenvalue weighted by atomic mass is 10.1. The van der Waals surface area contributed by atoms with Crippen LogP contribution in [0.25, 0.3) is 0 Å². The van der Waals surface area contributed by atoms with Crippen molar-refractivity contribution in [3.8, 4) is 5.75 Å². The maximum atomic E-state index is 9.04. The lowest BCUT2D eigenvalue weighted by Crippen LogP contribution is -2.19. The lowest BCUT2D eigenvalue weighted by molar-refractivity contribution is 0.250. The molecule has 0 radical (unpaired) electrons. The second-order valence-electron chi connectivity index (χ2n) is 2.80. The van der Waals surface area contributed by atoms with Crippen LogP contribution in [-0.4, -0.2) is 25.9 Å². The number of nitrogens with one attached hydrogen (secondary N) is 1. The van der Waals surface area contributed by atoms with Crippen LogP contribution in [-0.2, 0) is 0 Å². The summed E-state index contributed by atoms with van der Waals surface area (Å²) < 4.78 is 5.08. The first kappa shape index (κ1) is 10.0. The van der Waals surface area contributed by atoms with Crippen LogP contribution in [0.5, 0.6) is 5.75 Å². The Morgan fingerprint density at radius 3 is 2.85 bits per heavy atom. The number of likely N-dealkylation sites (N-methyl/N-ethyl adjacent to an activating group) is 1. The summed E-state index contributed by atoms with van der Waals surface area (Å²) in [6, 6.07) is 7.65. The highest BCUT2D eigenvalue weighted by molar-refractivity contribution is 5.30. The van der Waals surface area contributed by atoms with E-state index >= 15 is 0 Å². The minimum atomic E-state index is -0.0184. The first-order valence-electron chi connectivity index (χ1n) is 4.24. The number of rotatable bonds is 4. The fourth-order valence-corrected chi connectivity index (χ4v) is 1.22. The smallest absolute Gasteiger partial charge is 0.119 e. The van der Waals surface area contributed by atoms with Crippen molar-refractivity contribution in [2.75, 3.05) is 20.8 Å². The van der Waals surface area contributed by atoms with Crippen LogP contribution >= 0.6 is 0 Å². The van der Waals surface area contributed by atoms with Gasteiger partial charge in [0.05, 0.1) is 19.8 Å². The van der Waals surface area contributed by atoms with Crippen molar-refractivity contribution in [3.63, 3.8) is 0 Å². The fraction of sp³-hybridized carbons (Fsp3) is 0.400. The zero-order chi connectivity index (χ0) is 9.68. The van der Waals surface area contributed by atoms with Gasteiger partial charge >= 0.3 is 0 Å². The van der Waals surface area contributed by atoms with Crippen molar-refractivity contribution in [2.24, 2.45) is 0 Å². The fourth-order valence-electron chi connectivity index (χ4n) is 1.22. The Hall–Kier alpha value is -1.06. The predicted octanol–water partition coefficient (Wildman–Crippen LogP) is 0.948. The molecular weight excluding hydrogens is 166 g/mol. The van der Waals surface area contributed by atoms with Gasteiger partial charge in [-0.05, 0) is 24.7 Å². The van der Waals surface area contributed by atoms with E-state index in [-0.39, 0.29) is 12.6 Å². The summed E-state index contributed by atoms with van der Waals surface area (Å²) in [7, 11) is 3.45. The molecule has 0 spiro atoms. The van der Waals surface area contributed by atoms with Gasteiger partial charge < -0.3 is 15.2 Å². The van der Waals surface area contributed by atoms with Crippen molar-refractivity contribution in [3.05, 3.63) is 29.8 Å². The molecule has 0 aromatic heterocycles. The summed E-state index contributed by atoms with van der Waals surface area (Å²) in [5.41, 5.74) is 1.03. The topological polar surface area (TPSA) is 41.5 Å². The number of methoxy groups -OCH3 is 1. The average molecular weight is 181 g/mol. The SMILES string of the molecule is CN[C@@H](CO)c1cccc(OC)c1. The largest absolute Gasteiger partial charge is 0.497 e. The van der Waals surface area contributed by atoms with E-state index in [1.807, 2.05) is 31.3 Å². The highest BCUT2D eigenvalue weighted by Gasteiger charge is 2.07. The summed E-state index contributed by atoms with van der Waals surface area (Å²) in [6.07, 6.45) is 0. The molecule has 0 fully saturated rings. The third kappa shape index (κ3) is 2.44. The van der Waals surface area contributed by atoms with Crippen LogP contribution < -0.4 is 10.1 Å². The van der Waals surface area contributed by atoms with Gasteiger partial charge in [-0.1, -0.05) is 12.1 Å². The van der Waals surface area contributed by atoms with Gasteiger partial charge in [-0.3, -0.25) is 0 Å². The molecule has 0 heterocycles. The van der Waals surface area contributed by atoms with Crippen LogP contribution in [0.3, 0.4) is 0 Å². The molecule has 0 saturated heterocycles. The molecular formula is C10H15NO2. The van der Waals surface area contributed by atoms with E-state index < -0.39 is 0 Å². The van der Waals surface area contributed by atoms with E-state index in [2.05, 4.69) is 5.32 Å². The van der Waals surface area contributed by atoms with Crippen molar-refractivity contribution in [1.82, 2.24) is 5.32 Å². The van der Waals surface area contributed by atoms with Crippen molar-refractivity contribution in [2.45, 2.75) is 6.04 Å². The summed E-state index contributed by atoms with van der Waals surface area (Å²) in [5, 5.41) is 12.1. The summed E-state index contributed by atoms with van der Waals surface area (Å²) in [6.45, 7) is 0.0870. The normalized spacial score (nSPS) is 12.5. The highest BCUT2D eigenvalue weighted by Crippen LogP contribution is 2.18. The molecule has 0 aliphatic carbocycles. The molecule has 3 heteroatoms. The van der Waals surface area contributed by atoms with E-state index in [1.54, 1.807) is 7.11 Å². The average Bonchev–Trinajstić information content (AvgIpc) is 2.20. The van der Waals surface area contributed by atoms with Gasteiger partial charge in [0.2, 0.25) is 0 Å².